The van der Waals surface area contributed by atoms with E-state index in [2.05, 4.69) is 5.32 Å². The van der Waals surface area contributed by atoms with Gasteiger partial charge in [0.15, 0.2) is 5.78 Å². The van der Waals surface area contributed by atoms with Gasteiger partial charge in [-0.05, 0) is 49.7 Å². The number of nitrogens with one attached hydrogen (secondary N) is 1. The van der Waals surface area contributed by atoms with Crippen molar-refractivity contribution in [3.63, 3.8) is 0 Å². The minimum Gasteiger partial charge on any atom is -0.494 e. The lowest BCUT2D eigenvalue weighted by molar-refractivity contribution is -0.115. The van der Waals surface area contributed by atoms with Crippen molar-refractivity contribution < 1.29 is 13.9 Å². The van der Waals surface area contributed by atoms with Gasteiger partial charge in [0.25, 0.3) is 0 Å². The SMILES string of the molecule is CCOc1ccc(NC2=CC(=O)C[C@@H](c3ccco3)C2)cc1. The smallest absolute Gasteiger partial charge is 0.158 e. The van der Waals surface area contributed by atoms with Crippen LogP contribution in [0.4, 0.5) is 5.69 Å². The van der Waals surface area contributed by atoms with Crippen molar-refractivity contribution in [2.24, 2.45) is 0 Å². The molecule has 1 aliphatic rings. The fourth-order valence-corrected chi connectivity index (χ4v) is 2.69. The molecule has 1 N–H and O–H groups in total. The maximum Gasteiger partial charge on any atom is 0.158 e. The third kappa shape index (κ3) is 3.39. The first-order valence-corrected chi connectivity index (χ1v) is 7.51. The quantitative estimate of drug-likeness (QED) is 0.902. The van der Waals surface area contributed by atoms with Gasteiger partial charge in [-0.2, -0.15) is 0 Å². The second-order valence-electron chi connectivity index (χ2n) is 5.34. The van der Waals surface area contributed by atoms with Crippen LogP contribution in [0.1, 0.15) is 31.4 Å². The van der Waals surface area contributed by atoms with E-state index >= 15 is 0 Å². The highest BCUT2D eigenvalue weighted by Crippen LogP contribution is 2.32. The molecular formula is C18H19NO3. The van der Waals surface area contributed by atoms with Crippen LogP contribution < -0.4 is 10.1 Å². The normalized spacial score (nSPS) is 18.0. The van der Waals surface area contributed by atoms with Gasteiger partial charge in [-0.15, -0.1) is 0 Å². The lowest BCUT2D eigenvalue weighted by Gasteiger charge is -2.21. The zero-order valence-corrected chi connectivity index (χ0v) is 12.5. The van der Waals surface area contributed by atoms with Crippen LogP contribution in [0.15, 0.2) is 58.9 Å². The Kier molecular flexibility index (Phi) is 4.28. The van der Waals surface area contributed by atoms with Crippen LogP contribution in [-0.2, 0) is 4.79 Å². The van der Waals surface area contributed by atoms with Crippen molar-refractivity contribution in [3.05, 3.63) is 60.2 Å². The summed E-state index contributed by atoms with van der Waals surface area (Å²) in [5.41, 5.74) is 1.87. The summed E-state index contributed by atoms with van der Waals surface area (Å²) in [4.78, 5) is 11.9. The highest BCUT2D eigenvalue weighted by molar-refractivity contribution is 5.92. The number of carbonyl (C=O) groups is 1. The third-order valence-electron chi connectivity index (χ3n) is 3.66. The van der Waals surface area contributed by atoms with E-state index in [9.17, 15) is 4.79 Å². The molecule has 0 aliphatic heterocycles. The molecule has 0 spiro atoms. The van der Waals surface area contributed by atoms with Crippen LogP contribution in [0.3, 0.4) is 0 Å². The number of hydrogen-bond acceptors (Lipinski definition) is 4. The molecule has 2 aromatic rings. The Morgan fingerprint density at radius 1 is 1.23 bits per heavy atom. The topological polar surface area (TPSA) is 51.5 Å². The predicted molar refractivity (Wildman–Crippen MR) is 85.0 cm³/mol. The average molecular weight is 297 g/mol. The van der Waals surface area contributed by atoms with Gasteiger partial charge in [-0.3, -0.25) is 4.79 Å². The van der Waals surface area contributed by atoms with Crippen molar-refractivity contribution in [1.29, 1.82) is 0 Å². The Hall–Kier alpha value is -2.49. The summed E-state index contributed by atoms with van der Waals surface area (Å²) in [6.07, 6.45) is 4.61. The molecule has 0 saturated carbocycles. The molecule has 1 aromatic carbocycles. The molecule has 0 bridgehead atoms. The number of benzene rings is 1. The molecule has 22 heavy (non-hydrogen) atoms. The van der Waals surface area contributed by atoms with E-state index in [0.717, 1.165) is 29.3 Å². The van der Waals surface area contributed by atoms with Gasteiger partial charge in [0.1, 0.15) is 11.5 Å². The molecule has 1 aliphatic carbocycles. The Balaban J connectivity index is 1.70. The Labute approximate surface area is 129 Å². The van der Waals surface area contributed by atoms with Gasteiger partial charge in [0.2, 0.25) is 0 Å². The molecule has 1 heterocycles. The molecule has 114 valence electrons. The molecule has 3 rings (SSSR count). The number of anilines is 1. The summed E-state index contributed by atoms with van der Waals surface area (Å²) in [5, 5.41) is 3.32. The molecule has 4 heteroatoms. The van der Waals surface area contributed by atoms with Crippen molar-refractivity contribution in [2.45, 2.75) is 25.7 Å². The van der Waals surface area contributed by atoms with Crippen LogP contribution >= 0.6 is 0 Å². The van der Waals surface area contributed by atoms with Gasteiger partial charge < -0.3 is 14.5 Å². The van der Waals surface area contributed by atoms with Crippen LogP contribution in [-0.4, -0.2) is 12.4 Å². The minimum atomic E-state index is 0.109. The number of hydrogen-bond donors (Lipinski definition) is 1. The maximum absolute atomic E-state index is 11.9. The Morgan fingerprint density at radius 2 is 2.05 bits per heavy atom. The first kappa shape index (κ1) is 14.4. The highest BCUT2D eigenvalue weighted by atomic mass is 16.5. The predicted octanol–water partition coefficient (Wildman–Crippen LogP) is 4.12. The highest BCUT2D eigenvalue weighted by Gasteiger charge is 2.24. The van der Waals surface area contributed by atoms with E-state index in [-0.39, 0.29) is 11.7 Å². The summed E-state index contributed by atoms with van der Waals surface area (Å²) in [7, 11) is 0. The van der Waals surface area contributed by atoms with Gasteiger partial charge in [0, 0.05) is 29.8 Å². The zero-order chi connectivity index (χ0) is 15.4. The molecule has 0 amide bonds. The van der Waals surface area contributed by atoms with Crippen LogP contribution in [0.5, 0.6) is 5.75 Å². The van der Waals surface area contributed by atoms with E-state index in [0.29, 0.717) is 13.0 Å². The van der Waals surface area contributed by atoms with Crippen molar-refractivity contribution in [1.82, 2.24) is 0 Å². The number of rotatable bonds is 5. The van der Waals surface area contributed by atoms with Crippen molar-refractivity contribution >= 4 is 11.5 Å². The fraction of sp³-hybridized carbons (Fsp3) is 0.278. The largest absolute Gasteiger partial charge is 0.494 e. The summed E-state index contributed by atoms with van der Waals surface area (Å²) in [6.45, 7) is 2.61. The third-order valence-corrected chi connectivity index (χ3v) is 3.66. The number of furan rings is 1. The average Bonchev–Trinajstić information content (AvgIpc) is 3.03. The monoisotopic (exact) mass is 297 g/mol. The molecule has 0 radical (unpaired) electrons. The molecular weight excluding hydrogens is 278 g/mol. The standard InChI is InChI=1S/C18H19NO3/c1-2-21-17-7-5-14(6-8-17)19-15-10-13(11-16(20)12-15)18-4-3-9-22-18/h3-9,12-13,19H,2,10-11H2,1H3/t13-/m0/s1. The van der Waals surface area contributed by atoms with E-state index in [1.54, 1.807) is 12.3 Å². The van der Waals surface area contributed by atoms with Gasteiger partial charge >= 0.3 is 0 Å². The molecule has 1 aromatic heterocycles. The van der Waals surface area contributed by atoms with Gasteiger partial charge in [-0.1, -0.05) is 0 Å². The maximum atomic E-state index is 11.9. The lowest BCUT2D eigenvalue weighted by atomic mass is 9.89. The van der Waals surface area contributed by atoms with E-state index in [4.69, 9.17) is 9.15 Å². The first-order chi connectivity index (χ1) is 10.7. The minimum absolute atomic E-state index is 0.109. The molecule has 1 atom stereocenters. The van der Waals surface area contributed by atoms with E-state index < -0.39 is 0 Å². The Morgan fingerprint density at radius 3 is 2.73 bits per heavy atom. The second-order valence-corrected chi connectivity index (χ2v) is 5.34. The first-order valence-electron chi connectivity index (χ1n) is 7.51. The van der Waals surface area contributed by atoms with E-state index in [1.807, 2.05) is 43.3 Å². The fourth-order valence-electron chi connectivity index (χ4n) is 2.69. The summed E-state index contributed by atoms with van der Waals surface area (Å²) in [5.74, 6) is 1.95. The number of ketones is 1. The van der Waals surface area contributed by atoms with E-state index in [1.165, 1.54) is 0 Å². The lowest BCUT2D eigenvalue weighted by Crippen LogP contribution is -2.16. The van der Waals surface area contributed by atoms with Crippen LogP contribution in [0.25, 0.3) is 0 Å². The number of carbonyl (C=O) groups excluding carboxylic acids is 1. The molecule has 0 saturated heterocycles. The summed E-state index contributed by atoms with van der Waals surface area (Å²) < 4.78 is 10.9. The summed E-state index contributed by atoms with van der Waals surface area (Å²) >= 11 is 0. The van der Waals surface area contributed by atoms with Gasteiger partial charge in [-0.25, -0.2) is 0 Å². The van der Waals surface area contributed by atoms with Gasteiger partial charge in [0.05, 0.1) is 12.9 Å². The second kappa shape index (κ2) is 6.52. The van der Waals surface area contributed by atoms with Crippen LogP contribution in [0.2, 0.25) is 0 Å². The number of ether oxygens (including phenoxy) is 1. The molecule has 0 unspecified atom stereocenters. The number of allylic oxidation sites excluding steroid dienone is 2. The van der Waals surface area contributed by atoms with Crippen LogP contribution in [0, 0.1) is 0 Å². The Bertz CT molecular complexity index is 656. The molecule has 4 nitrogen and oxygen atoms in total. The van der Waals surface area contributed by atoms with Crippen molar-refractivity contribution in [3.8, 4) is 5.75 Å². The zero-order valence-electron chi connectivity index (χ0n) is 12.5. The van der Waals surface area contributed by atoms with Crippen molar-refractivity contribution in [2.75, 3.05) is 11.9 Å². The summed E-state index contributed by atoms with van der Waals surface area (Å²) in [6, 6.07) is 11.5. The molecule has 0 fully saturated rings.